The second kappa shape index (κ2) is 3.83. The van der Waals surface area contributed by atoms with Crippen molar-refractivity contribution in [1.29, 1.82) is 0 Å². The van der Waals surface area contributed by atoms with E-state index in [0.29, 0.717) is 12.4 Å². The van der Waals surface area contributed by atoms with Gasteiger partial charge in [-0.1, -0.05) is 5.21 Å². The highest BCUT2D eigenvalue weighted by atomic mass is 15.5. The van der Waals surface area contributed by atoms with Gasteiger partial charge in [0.05, 0.1) is 5.69 Å². The Morgan fingerprint density at radius 2 is 2.12 bits per heavy atom. The molecular formula is C10H15N7. The van der Waals surface area contributed by atoms with Gasteiger partial charge < -0.3 is 10.3 Å². The average molecular weight is 233 g/mol. The molecule has 0 amide bonds. The van der Waals surface area contributed by atoms with E-state index in [9.17, 15) is 0 Å². The Morgan fingerprint density at radius 3 is 2.88 bits per heavy atom. The van der Waals surface area contributed by atoms with E-state index in [4.69, 9.17) is 5.73 Å². The number of nitrogens with zero attached hydrogens (tertiary/aromatic N) is 6. The first-order valence-corrected chi connectivity index (χ1v) is 5.82. The number of anilines is 1. The summed E-state index contributed by atoms with van der Waals surface area (Å²) in [7, 11) is 0. The van der Waals surface area contributed by atoms with Gasteiger partial charge in [-0.2, -0.15) is 0 Å². The monoisotopic (exact) mass is 233 g/mol. The van der Waals surface area contributed by atoms with Crippen LogP contribution in [0.5, 0.6) is 0 Å². The highest BCUT2D eigenvalue weighted by Crippen LogP contribution is 2.15. The molecule has 0 unspecified atom stereocenters. The molecule has 2 N–H and O–H groups in total. The zero-order valence-corrected chi connectivity index (χ0v) is 9.80. The first kappa shape index (κ1) is 10.2. The number of fused-ring (bicyclic) bond motifs is 1. The lowest BCUT2D eigenvalue weighted by molar-refractivity contribution is 0.491. The fourth-order valence-corrected chi connectivity index (χ4v) is 2.14. The van der Waals surface area contributed by atoms with Crippen molar-refractivity contribution in [3.05, 3.63) is 17.3 Å². The minimum absolute atomic E-state index is 0.475. The number of nitrogens with two attached hydrogens (primary N) is 1. The number of nitrogen functional groups attached to an aromatic ring is 1. The molecule has 0 atom stereocenters. The van der Waals surface area contributed by atoms with Crippen LogP contribution in [-0.2, 0) is 19.5 Å². The summed E-state index contributed by atoms with van der Waals surface area (Å²) in [5.74, 6) is 2.49. The van der Waals surface area contributed by atoms with Crippen LogP contribution in [0.25, 0.3) is 0 Å². The molecule has 3 rings (SSSR count). The minimum atomic E-state index is 0.475. The van der Waals surface area contributed by atoms with E-state index in [1.54, 1.807) is 4.68 Å². The Kier molecular flexibility index (Phi) is 2.31. The summed E-state index contributed by atoms with van der Waals surface area (Å²) in [6, 6.07) is 0. The molecule has 0 fully saturated rings. The maximum absolute atomic E-state index is 5.67. The molecule has 0 bridgehead atoms. The van der Waals surface area contributed by atoms with E-state index in [-0.39, 0.29) is 0 Å². The van der Waals surface area contributed by atoms with Crippen molar-refractivity contribution < 1.29 is 0 Å². The Labute approximate surface area is 98.6 Å². The van der Waals surface area contributed by atoms with Crippen LogP contribution >= 0.6 is 0 Å². The predicted octanol–water partition coefficient (Wildman–Crippen LogP) is 0.145. The topological polar surface area (TPSA) is 87.4 Å². The maximum atomic E-state index is 5.67. The van der Waals surface area contributed by atoms with Crippen molar-refractivity contribution in [2.24, 2.45) is 0 Å². The smallest absolute Gasteiger partial charge is 0.168 e. The fourth-order valence-electron chi connectivity index (χ4n) is 2.14. The Hall–Kier alpha value is -1.92. The number of hydrogen-bond acceptors (Lipinski definition) is 5. The molecule has 2 aromatic heterocycles. The van der Waals surface area contributed by atoms with Crippen LogP contribution in [0.1, 0.15) is 30.2 Å². The van der Waals surface area contributed by atoms with Gasteiger partial charge in [0.25, 0.3) is 0 Å². The summed E-state index contributed by atoms with van der Waals surface area (Å²) in [6.45, 7) is 3.49. The van der Waals surface area contributed by atoms with Gasteiger partial charge in [-0.05, 0) is 19.8 Å². The molecule has 0 spiro atoms. The zero-order valence-electron chi connectivity index (χ0n) is 9.80. The van der Waals surface area contributed by atoms with Gasteiger partial charge in [0.1, 0.15) is 12.4 Å². The molecule has 0 saturated carbocycles. The predicted molar refractivity (Wildman–Crippen MR) is 61.2 cm³/mol. The molecule has 0 radical (unpaired) electrons. The third-order valence-electron chi connectivity index (χ3n) is 3.25. The van der Waals surface area contributed by atoms with Crippen molar-refractivity contribution in [2.75, 3.05) is 5.73 Å². The van der Waals surface area contributed by atoms with Crippen LogP contribution in [0, 0.1) is 6.92 Å². The van der Waals surface area contributed by atoms with Crippen LogP contribution in [0.2, 0.25) is 0 Å². The summed E-state index contributed by atoms with van der Waals surface area (Å²) in [4.78, 5) is 0. The number of hydrogen-bond donors (Lipinski definition) is 1. The fraction of sp³-hybridized carbons (Fsp3) is 0.600. The molecule has 7 heteroatoms. The van der Waals surface area contributed by atoms with Gasteiger partial charge in [-0.25, -0.2) is 4.68 Å². The third-order valence-corrected chi connectivity index (χ3v) is 3.25. The van der Waals surface area contributed by atoms with Crippen LogP contribution < -0.4 is 5.73 Å². The summed E-state index contributed by atoms with van der Waals surface area (Å²) in [5.41, 5.74) is 6.54. The van der Waals surface area contributed by atoms with Gasteiger partial charge in [-0.3, -0.25) is 0 Å². The highest BCUT2D eigenvalue weighted by Gasteiger charge is 2.17. The zero-order chi connectivity index (χ0) is 11.8. The van der Waals surface area contributed by atoms with E-state index in [2.05, 4.69) is 25.1 Å². The highest BCUT2D eigenvalue weighted by molar-refractivity contribution is 5.31. The van der Waals surface area contributed by atoms with E-state index >= 15 is 0 Å². The molecule has 2 aromatic rings. The second-order valence-electron chi connectivity index (χ2n) is 4.36. The summed E-state index contributed by atoms with van der Waals surface area (Å²) in [5, 5.41) is 16.3. The number of aromatic nitrogens is 6. The van der Waals surface area contributed by atoms with Gasteiger partial charge in [0, 0.05) is 13.0 Å². The lowest BCUT2D eigenvalue weighted by Crippen LogP contribution is -2.16. The number of rotatable bonds is 2. The van der Waals surface area contributed by atoms with E-state index in [0.717, 1.165) is 30.3 Å². The molecule has 17 heavy (non-hydrogen) atoms. The van der Waals surface area contributed by atoms with E-state index < -0.39 is 0 Å². The largest absolute Gasteiger partial charge is 0.381 e. The summed E-state index contributed by atoms with van der Waals surface area (Å²) >= 11 is 0. The van der Waals surface area contributed by atoms with Crippen LogP contribution in [0.4, 0.5) is 5.82 Å². The van der Waals surface area contributed by atoms with Gasteiger partial charge in [0.15, 0.2) is 11.6 Å². The average Bonchev–Trinajstić information content (AvgIpc) is 2.89. The molecular weight excluding hydrogens is 218 g/mol. The standard InChI is InChI=1S/C10H15N7/c1-7-10(11)14-15-17(7)6-9-13-12-8-4-2-3-5-16(8)9/h2-6,11H2,1H3. The van der Waals surface area contributed by atoms with Crippen molar-refractivity contribution in [1.82, 2.24) is 29.8 Å². The van der Waals surface area contributed by atoms with Crippen LogP contribution in [0.15, 0.2) is 0 Å². The van der Waals surface area contributed by atoms with Crippen molar-refractivity contribution in [3.8, 4) is 0 Å². The molecule has 1 aliphatic heterocycles. The molecule has 0 aromatic carbocycles. The molecule has 0 aliphatic carbocycles. The second-order valence-corrected chi connectivity index (χ2v) is 4.36. The van der Waals surface area contributed by atoms with Crippen molar-refractivity contribution in [3.63, 3.8) is 0 Å². The van der Waals surface area contributed by atoms with Gasteiger partial charge >= 0.3 is 0 Å². The maximum Gasteiger partial charge on any atom is 0.168 e. The number of aryl methyl sites for hydroxylation is 1. The lowest BCUT2D eigenvalue weighted by Gasteiger charge is -2.14. The first-order chi connectivity index (χ1) is 8.25. The summed E-state index contributed by atoms with van der Waals surface area (Å²) < 4.78 is 3.95. The molecule has 7 nitrogen and oxygen atoms in total. The molecule has 3 heterocycles. The van der Waals surface area contributed by atoms with Crippen LogP contribution in [0.3, 0.4) is 0 Å². The molecule has 0 saturated heterocycles. The van der Waals surface area contributed by atoms with Crippen molar-refractivity contribution in [2.45, 2.75) is 39.3 Å². The van der Waals surface area contributed by atoms with E-state index in [1.807, 2.05) is 6.92 Å². The Bertz CT molecular complexity index is 539. The SMILES string of the molecule is Cc1c(N)nnn1Cc1nnc2n1CCCC2. The Balaban J connectivity index is 1.90. The minimum Gasteiger partial charge on any atom is -0.381 e. The molecule has 1 aliphatic rings. The first-order valence-electron chi connectivity index (χ1n) is 5.82. The lowest BCUT2D eigenvalue weighted by atomic mass is 10.2. The Morgan fingerprint density at radius 1 is 1.24 bits per heavy atom. The normalized spacial score (nSPS) is 14.9. The quantitative estimate of drug-likeness (QED) is 0.797. The van der Waals surface area contributed by atoms with Gasteiger partial charge in [-0.15, -0.1) is 15.3 Å². The third kappa shape index (κ3) is 1.67. The van der Waals surface area contributed by atoms with Gasteiger partial charge in [0.2, 0.25) is 0 Å². The van der Waals surface area contributed by atoms with Crippen molar-refractivity contribution >= 4 is 5.82 Å². The molecule has 90 valence electrons. The van der Waals surface area contributed by atoms with Crippen LogP contribution in [-0.4, -0.2) is 29.8 Å². The van der Waals surface area contributed by atoms with E-state index in [1.165, 1.54) is 12.8 Å². The summed E-state index contributed by atoms with van der Waals surface area (Å²) in [6.07, 6.45) is 3.41.